The molecule has 0 bridgehead atoms. The number of nitrogens with one attached hydrogen (secondary N) is 1. The molecule has 1 aromatic heterocycles. The molecule has 1 aliphatic carbocycles. The lowest BCUT2D eigenvalue weighted by Crippen LogP contribution is -2.25. The molecule has 0 unspecified atom stereocenters. The van der Waals surface area contributed by atoms with Gasteiger partial charge in [-0.15, -0.1) is 0 Å². The van der Waals surface area contributed by atoms with E-state index in [1.54, 1.807) is 6.20 Å². The lowest BCUT2D eigenvalue weighted by Gasteiger charge is -2.30. The second-order valence-corrected chi connectivity index (χ2v) is 6.81. The first-order chi connectivity index (χ1) is 10.2. The van der Waals surface area contributed by atoms with Gasteiger partial charge in [-0.1, -0.05) is 41.9 Å². The van der Waals surface area contributed by atoms with E-state index in [9.17, 15) is 0 Å². The summed E-state index contributed by atoms with van der Waals surface area (Å²) in [5, 5.41) is 4.08. The number of pyridine rings is 1. The molecule has 2 nitrogen and oxygen atoms in total. The number of rotatable bonds is 3. The molecule has 110 valence electrons. The van der Waals surface area contributed by atoms with Gasteiger partial charge < -0.3 is 5.32 Å². The lowest BCUT2D eigenvalue weighted by atomic mass is 9.82. The predicted octanol–water partition coefficient (Wildman–Crippen LogP) is 5.64. The molecule has 0 amide bonds. The largest absolute Gasteiger partial charge is 0.381 e. The fraction of sp³-hybridized carbons (Fsp3) is 0.353. The van der Waals surface area contributed by atoms with Crippen LogP contribution in [0.2, 0.25) is 5.15 Å². The van der Waals surface area contributed by atoms with Crippen LogP contribution in [0.15, 0.2) is 47.1 Å². The number of aromatic nitrogens is 1. The van der Waals surface area contributed by atoms with Crippen LogP contribution in [-0.2, 0) is 0 Å². The van der Waals surface area contributed by atoms with Crippen molar-refractivity contribution in [2.45, 2.75) is 37.6 Å². The molecular weight excluding hydrogens is 348 g/mol. The Morgan fingerprint density at radius 2 is 1.81 bits per heavy atom. The number of hydrogen-bond acceptors (Lipinski definition) is 2. The van der Waals surface area contributed by atoms with E-state index < -0.39 is 0 Å². The summed E-state index contributed by atoms with van der Waals surface area (Å²) in [6.45, 7) is 0. The zero-order valence-corrected chi connectivity index (χ0v) is 14.1. The van der Waals surface area contributed by atoms with Crippen molar-refractivity contribution in [3.8, 4) is 0 Å². The van der Waals surface area contributed by atoms with Crippen LogP contribution in [0.3, 0.4) is 0 Å². The number of anilines is 1. The van der Waals surface area contributed by atoms with Crippen LogP contribution in [0.25, 0.3) is 0 Å². The number of hydrogen-bond donors (Lipinski definition) is 1. The van der Waals surface area contributed by atoms with Gasteiger partial charge in [0.25, 0.3) is 0 Å². The first-order valence-corrected chi connectivity index (χ1v) is 8.52. The van der Waals surface area contributed by atoms with Gasteiger partial charge in [-0.25, -0.2) is 4.98 Å². The van der Waals surface area contributed by atoms with Gasteiger partial charge in [-0.3, -0.25) is 0 Å². The molecule has 1 N–H and O–H groups in total. The van der Waals surface area contributed by atoms with Gasteiger partial charge in [-0.2, -0.15) is 0 Å². The zero-order chi connectivity index (χ0) is 14.7. The summed E-state index contributed by atoms with van der Waals surface area (Å²) >= 11 is 9.34. The van der Waals surface area contributed by atoms with Crippen molar-refractivity contribution in [3.63, 3.8) is 0 Å². The highest BCUT2D eigenvalue weighted by Crippen LogP contribution is 2.34. The molecule has 0 radical (unpaired) electrons. The van der Waals surface area contributed by atoms with Gasteiger partial charge in [0, 0.05) is 6.04 Å². The average molecular weight is 366 g/mol. The summed E-state index contributed by atoms with van der Waals surface area (Å²) in [4.78, 5) is 4.16. The first-order valence-electron chi connectivity index (χ1n) is 7.35. The molecule has 0 aliphatic heterocycles. The molecule has 2 aromatic rings. The van der Waals surface area contributed by atoms with Crippen LogP contribution in [0, 0.1) is 0 Å². The van der Waals surface area contributed by atoms with Crippen LogP contribution in [0.1, 0.15) is 37.2 Å². The molecule has 3 rings (SSSR count). The number of benzene rings is 1. The van der Waals surface area contributed by atoms with Gasteiger partial charge >= 0.3 is 0 Å². The molecule has 0 saturated heterocycles. The summed E-state index contributed by atoms with van der Waals surface area (Å²) in [6, 6.07) is 13.4. The Bertz CT molecular complexity index is 595. The van der Waals surface area contributed by atoms with E-state index in [4.69, 9.17) is 11.6 Å². The molecular formula is C17H18BrClN2. The zero-order valence-electron chi connectivity index (χ0n) is 11.7. The fourth-order valence-corrected chi connectivity index (χ4v) is 3.48. The van der Waals surface area contributed by atoms with Crippen LogP contribution in [-0.4, -0.2) is 11.0 Å². The summed E-state index contributed by atoms with van der Waals surface area (Å²) in [5.74, 6) is 0.708. The van der Waals surface area contributed by atoms with Crippen molar-refractivity contribution in [2.24, 2.45) is 0 Å². The minimum absolute atomic E-state index is 0.508. The van der Waals surface area contributed by atoms with Crippen molar-refractivity contribution < 1.29 is 0 Å². The number of nitrogens with zero attached hydrogens (tertiary/aromatic N) is 1. The minimum Gasteiger partial charge on any atom is -0.381 e. The molecule has 0 spiro atoms. The Balaban J connectivity index is 1.57. The maximum absolute atomic E-state index is 5.92. The van der Waals surface area contributed by atoms with Crippen LogP contribution < -0.4 is 5.32 Å². The van der Waals surface area contributed by atoms with Crippen LogP contribution in [0.4, 0.5) is 5.69 Å². The lowest BCUT2D eigenvalue weighted by molar-refractivity contribution is 0.412. The molecule has 0 atom stereocenters. The smallest absolute Gasteiger partial charge is 0.143 e. The quantitative estimate of drug-likeness (QED) is 0.712. The summed E-state index contributed by atoms with van der Waals surface area (Å²) in [7, 11) is 0. The second-order valence-electron chi connectivity index (χ2n) is 5.60. The first kappa shape index (κ1) is 14.9. The molecule has 1 fully saturated rings. The van der Waals surface area contributed by atoms with Gasteiger partial charge in [0.15, 0.2) is 0 Å². The van der Waals surface area contributed by atoms with Gasteiger partial charge in [0.2, 0.25) is 0 Å². The van der Waals surface area contributed by atoms with Crippen LogP contribution >= 0.6 is 27.5 Å². The van der Waals surface area contributed by atoms with Crippen molar-refractivity contribution in [1.29, 1.82) is 0 Å². The Kier molecular flexibility index (Phi) is 4.81. The normalized spacial score (nSPS) is 22.0. The van der Waals surface area contributed by atoms with Crippen molar-refractivity contribution >= 4 is 33.2 Å². The highest BCUT2D eigenvalue weighted by Gasteiger charge is 2.22. The summed E-state index contributed by atoms with van der Waals surface area (Å²) < 4.78 is 0.840. The Labute approximate surface area is 139 Å². The van der Waals surface area contributed by atoms with E-state index in [0.717, 1.165) is 10.2 Å². The summed E-state index contributed by atoms with van der Waals surface area (Å²) in [5.41, 5.74) is 2.52. The summed E-state index contributed by atoms with van der Waals surface area (Å²) in [6.07, 6.45) is 6.67. The van der Waals surface area contributed by atoms with E-state index in [1.807, 2.05) is 6.07 Å². The van der Waals surface area contributed by atoms with E-state index in [1.165, 1.54) is 31.2 Å². The molecule has 1 aliphatic rings. The van der Waals surface area contributed by atoms with E-state index >= 15 is 0 Å². The maximum Gasteiger partial charge on any atom is 0.143 e. The molecule has 1 aromatic carbocycles. The van der Waals surface area contributed by atoms with Gasteiger partial charge in [0.1, 0.15) is 5.15 Å². The monoisotopic (exact) mass is 364 g/mol. The third kappa shape index (κ3) is 3.78. The van der Waals surface area contributed by atoms with Gasteiger partial charge in [-0.05, 0) is 59.2 Å². The predicted molar refractivity (Wildman–Crippen MR) is 92.0 cm³/mol. The molecule has 4 heteroatoms. The van der Waals surface area contributed by atoms with Crippen molar-refractivity contribution in [1.82, 2.24) is 4.98 Å². The molecule has 1 saturated carbocycles. The van der Waals surface area contributed by atoms with Crippen molar-refractivity contribution in [3.05, 3.63) is 57.8 Å². The van der Waals surface area contributed by atoms with E-state index in [0.29, 0.717) is 17.1 Å². The third-order valence-electron chi connectivity index (χ3n) is 4.17. The van der Waals surface area contributed by atoms with Crippen LogP contribution in [0.5, 0.6) is 0 Å². The highest BCUT2D eigenvalue weighted by molar-refractivity contribution is 9.10. The average Bonchev–Trinajstić information content (AvgIpc) is 2.53. The standard InChI is InChI=1S/C17H18BrClN2/c18-16-10-15(11-20-17(16)19)21-14-8-6-13(7-9-14)12-4-2-1-3-5-12/h1-5,10-11,13-14,21H,6-9H2. The third-order valence-corrected chi connectivity index (χ3v) is 5.30. The fourth-order valence-electron chi connectivity index (χ4n) is 3.03. The minimum atomic E-state index is 0.508. The Hall–Kier alpha value is -1.06. The SMILES string of the molecule is Clc1ncc(NC2CCC(c3ccccc3)CC2)cc1Br. The highest BCUT2D eigenvalue weighted by atomic mass is 79.9. The number of halogens is 2. The van der Waals surface area contributed by atoms with Crippen molar-refractivity contribution in [2.75, 3.05) is 5.32 Å². The Morgan fingerprint density at radius 1 is 1.10 bits per heavy atom. The second kappa shape index (κ2) is 6.80. The van der Waals surface area contributed by atoms with E-state index in [-0.39, 0.29) is 0 Å². The Morgan fingerprint density at radius 3 is 2.48 bits per heavy atom. The maximum atomic E-state index is 5.92. The molecule has 21 heavy (non-hydrogen) atoms. The molecule has 1 heterocycles. The van der Waals surface area contributed by atoms with E-state index in [2.05, 4.69) is 56.6 Å². The van der Waals surface area contributed by atoms with Gasteiger partial charge in [0.05, 0.1) is 16.4 Å². The topological polar surface area (TPSA) is 24.9 Å².